The molecule has 0 fully saturated rings. The van der Waals surface area contributed by atoms with Gasteiger partial charge in [0.1, 0.15) is 19.0 Å². The third-order valence-electron chi connectivity index (χ3n) is 3.06. The van der Waals surface area contributed by atoms with E-state index in [4.69, 9.17) is 37.4 Å². The summed E-state index contributed by atoms with van der Waals surface area (Å²) in [6.45, 7) is 1.02. The predicted octanol–water partition coefficient (Wildman–Crippen LogP) is 4.44. The average molecular weight is 311 g/mol. The van der Waals surface area contributed by atoms with Gasteiger partial charge < -0.3 is 14.2 Å². The lowest BCUT2D eigenvalue weighted by atomic mass is 10.0. The second-order valence-electron chi connectivity index (χ2n) is 4.32. The average Bonchev–Trinajstić information content (AvgIpc) is 2.46. The highest BCUT2D eigenvalue weighted by molar-refractivity contribution is 6.31. The largest absolute Gasteiger partial charge is 0.496 e. The molecule has 0 N–H and O–H groups in total. The van der Waals surface area contributed by atoms with E-state index in [1.165, 1.54) is 0 Å². The van der Waals surface area contributed by atoms with Crippen molar-refractivity contribution in [3.05, 3.63) is 40.4 Å². The number of methoxy groups -OCH3 is 1. The van der Waals surface area contributed by atoms with Crippen molar-refractivity contribution in [1.29, 1.82) is 0 Å². The summed E-state index contributed by atoms with van der Waals surface area (Å²) in [6.07, 6.45) is 0. The summed E-state index contributed by atoms with van der Waals surface area (Å²) in [5.74, 6) is 2.01. The van der Waals surface area contributed by atoms with E-state index in [0.717, 1.165) is 11.1 Å². The zero-order valence-electron chi connectivity index (χ0n) is 10.8. The number of rotatable bonds is 2. The fourth-order valence-corrected chi connectivity index (χ4v) is 2.59. The van der Waals surface area contributed by atoms with Gasteiger partial charge in [0.2, 0.25) is 0 Å². The number of ether oxygens (including phenoxy) is 3. The maximum atomic E-state index is 6.16. The molecule has 3 rings (SSSR count). The van der Waals surface area contributed by atoms with E-state index < -0.39 is 0 Å². The van der Waals surface area contributed by atoms with Crippen LogP contribution in [0.15, 0.2) is 30.3 Å². The highest BCUT2D eigenvalue weighted by atomic mass is 35.5. The van der Waals surface area contributed by atoms with E-state index in [1.807, 2.05) is 18.2 Å². The Bertz CT molecular complexity index is 656. The normalized spacial score (nSPS) is 13.2. The number of benzene rings is 2. The summed E-state index contributed by atoms with van der Waals surface area (Å²) in [4.78, 5) is 0. The molecule has 0 amide bonds. The molecule has 1 aliphatic heterocycles. The molecule has 1 heterocycles. The number of hydrogen-bond acceptors (Lipinski definition) is 3. The van der Waals surface area contributed by atoms with Crippen molar-refractivity contribution in [3.63, 3.8) is 0 Å². The van der Waals surface area contributed by atoms with Crippen molar-refractivity contribution < 1.29 is 14.2 Å². The van der Waals surface area contributed by atoms with Crippen molar-refractivity contribution in [3.8, 4) is 28.4 Å². The minimum Gasteiger partial charge on any atom is -0.496 e. The number of halogens is 2. The van der Waals surface area contributed by atoms with Gasteiger partial charge in [0, 0.05) is 27.2 Å². The van der Waals surface area contributed by atoms with Gasteiger partial charge >= 0.3 is 0 Å². The van der Waals surface area contributed by atoms with Gasteiger partial charge in [0.15, 0.2) is 11.5 Å². The van der Waals surface area contributed by atoms with Crippen LogP contribution >= 0.6 is 23.2 Å². The van der Waals surface area contributed by atoms with Crippen LogP contribution in [-0.2, 0) is 0 Å². The lowest BCUT2D eigenvalue weighted by molar-refractivity contribution is 0.172. The Hall–Kier alpha value is -1.58. The number of hydrogen-bond donors (Lipinski definition) is 0. The molecular formula is C15H12Cl2O3. The molecule has 104 valence electrons. The van der Waals surface area contributed by atoms with E-state index in [0.29, 0.717) is 40.5 Å². The lowest BCUT2D eigenvalue weighted by Crippen LogP contribution is -2.16. The molecule has 0 atom stereocenters. The summed E-state index contributed by atoms with van der Waals surface area (Å²) in [7, 11) is 1.61. The Morgan fingerprint density at radius 1 is 0.950 bits per heavy atom. The molecule has 0 aromatic heterocycles. The second kappa shape index (κ2) is 5.43. The van der Waals surface area contributed by atoms with E-state index >= 15 is 0 Å². The van der Waals surface area contributed by atoms with Crippen LogP contribution in [0.1, 0.15) is 0 Å². The smallest absolute Gasteiger partial charge is 0.169 e. The highest BCUT2D eigenvalue weighted by Gasteiger charge is 2.20. The molecular weight excluding hydrogens is 299 g/mol. The molecule has 5 heteroatoms. The van der Waals surface area contributed by atoms with Gasteiger partial charge in [-0.3, -0.25) is 0 Å². The predicted molar refractivity (Wildman–Crippen MR) is 79.4 cm³/mol. The van der Waals surface area contributed by atoms with Crippen molar-refractivity contribution in [2.24, 2.45) is 0 Å². The number of fused-ring (bicyclic) bond motifs is 1. The van der Waals surface area contributed by atoms with Crippen LogP contribution in [0.3, 0.4) is 0 Å². The fraction of sp³-hybridized carbons (Fsp3) is 0.200. The molecule has 0 radical (unpaired) electrons. The standard InChI is InChI=1S/C15H12Cl2O3/c1-18-13-3-2-9(16)6-11(13)12-7-10(17)8-14-15(12)20-5-4-19-14/h2-3,6-8H,4-5H2,1H3. The summed E-state index contributed by atoms with van der Waals surface area (Å²) >= 11 is 12.2. The molecule has 20 heavy (non-hydrogen) atoms. The van der Waals surface area contributed by atoms with E-state index in [-0.39, 0.29) is 0 Å². The Kier molecular flexibility index (Phi) is 3.64. The molecule has 0 unspecified atom stereocenters. The Morgan fingerprint density at radius 2 is 1.70 bits per heavy atom. The van der Waals surface area contributed by atoms with Crippen LogP contribution < -0.4 is 14.2 Å². The highest BCUT2D eigenvalue weighted by Crippen LogP contribution is 2.45. The van der Waals surface area contributed by atoms with Gasteiger partial charge in [-0.1, -0.05) is 23.2 Å². The maximum absolute atomic E-state index is 6.16. The Morgan fingerprint density at radius 3 is 2.50 bits per heavy atom. The SMILES string of the molecule is COc1ccc(Cl)cc1-c1cc(Cl)cc2c1OCCO2. The quantitative estimate of drug-likeness (QED) is 0.820. The molecule has 2 aromatic carbocycles. The maximum Gasteiger partial charge on any atom is 0.169 e. The zero-order valence-corrected chi connectivity index (χ0v) is 12.3. The first kappa shape index (κ1) is 13.4. The summed E-state index contributed by atoms with van der Waals surface area (Å²) in [6, 6.07) is 8.98. The van der Waals surface area contributed by atoms with E-state index in [1.54, 1.807) is 19.2 Å². The van der Waals surface area contributed by atoms with Crippen LogP contribution in [0, 0.1) is 0 Å². The van der Waals surface area contributed by atoms with Crippen LogP contribution in [-0.4, -0.2) is 20.3 Å². The van der Waals surface area contributed by atoms with Gasteiger partial charge in [0.25, 0.3) is 0 Å². The van der Waals surface area contributed by atoms with Crippen LogP contribution in [0.5, 0.6) is 17.2 Å². The molecule has 1 aliphatic rings. The molecule has 0 saturated heterocycles. The van der Waals surface area contributed by atoms with Crippen molar-refractivity contribution in [2.75, 3.05) is 20.3 Å². The van der Waals surface area contributed by atoms with Crippen LogP contribution in [0.4, 0.5) is 0 Å². The van der Waals surface area contributed by atoms with Gasteiger partial charge in [-0.25, -0.2) is 0 Å². The lowest BCUT2D eigenvalue weighted by Gasteiger charge is -2.22. The summed E-state index contributed by atoms with van der Waals surface area (Å²) in [5, 5.41) is 1.19. The Balaban J connectivity index is 2.24. The third-order valence-corrected chi connectivity index (χ3v) is 3.51. The first-order valence-electron chi connectivity index (χ1n) is 6.12. The first-order valence-corrected chi connectivity index (χ1v) is 6.87. The molecule has 0 aliphatic carbocycles. The van der Waals surface area contributed by atoms with Crippen LogP contribution in [0.2, 0.25) is 10.0 Å². The topological polar surface area (TPSA) is 27.7 Å². The molecule has 0 bridgehead atoms. The van der Waals surface area contributed by atoms with Gasteiger partial charge in [-0.15, -0.1) is 0 Å². The second-order valence-corrected chi connectivity index (χ2v) is 5.20. The van der Waals surface area contributed by atoms with Crippen molar-refractivity contribution in [1.82, 2.24) is 0 Å². The third kappa shape index (κ3) is 2.39. The van der Waals surface area contributed by atoms with Crippen molar-refractivity contribution >= 4 is 23.2 Å². The monoisotopic (exact) mass is 310 g/mol. The molecule has 0 saturated carbocycles. The van der Waals surface area contributed by atoms with Gasteiger partial charge in [-0.2, -0.15) is 0 Å². The molecule has 2 aromatic rings. The van der Waals surface area contributed by atoms with E-state index in [2.05, 4.69) is 0 Å². The van der Waals surface area contributed by atoms with Gasteiger partial charge in [0.05, 0.1) is 7.11 Å². The summed E-state index contributed by atoms with van der Waals surface area (Å²) < 4.78 is 16.7. The van der Waals surface area contributed by atoms with Crippen LogP contribution in [0.25, 0.3) is 11.1 Å². The molecule has 3 nitrogen and oxygen atoms in total. The minimum atomic E-state index is 0.504. The fourth-order valence-electron chi connectivity index (χ4n) is 2.21. The summed E-state index contributed by atoms with van der Waals surface area (Å²) in [5.41, 5.74) is 1.64. The minimum absolute atomic E-state index is 0.504. The first-order chi connectivity index (χ1) is 9.69. The van der Waals surface area contributed by atoms with E-state index in [9.17, 15) is 0 Å². The molecule has 0 spiro atoms. The Labute approximate surface area is 127 Å². The zero-order chi connectivity index (χ0) is 14.1. The van der Waals surface area contributed by atoms with Gasteiger partial charge in [-0.05, 0) is 24.3 Å². The van der Waals surface area contributed by atoms with Crippen molar-refractivity contribution in [2.45, 2.75) is 0 Å².